The number of urea groups is 1. The molecule has 1 aromatic carbocycles. The Morgan fingerprint density at radius 2 is 2.14 bits per heavy atom. The van der Waals surface area contributed by atoms with Crippen LogP contribution in [0.4, 0.5) is 10.5 Å². The average molecular weight is 290 g/mol. The van der Waals surface area contributed by atoms with Crippen molar-refractivity contribution in [2.45, 2.75) is 19.9 Å². The first-order valence-electron chi connectivity index (χ1n) is 6.12. The summed E-state index contributed by atoms with van der Waals surface area (Å²) < 4.78 is 0. The number of nitrogens with zero attached hydrogens (tertiary/aromatic N) is 3. The summed E-state index contributed by atoms with van der Waals surface area (Å²) in [4.78, 5) is 23.0. The Bertz CT molecular complexity index is 655. The number of rotatable bonds is 4. The normalized spacial score (nSPS) is 11.7. The summed E-state index contributed by atoms with van der Waals surface area (Å²) in [5.41, 5.74) is 1.03. The molecule has 2 amide bonds. The van der Waals surface area contributed by atoms with Crippen molar-refractivity contribution in [3.8, 4) is 0 Å². The van der Waals surface area contributed by atoms with Gasteiger partial charge in [0.15, 0.2) is 5.82 Å². The van der Waals surface area contributed by atoms with Crippen LogP contribution in [-0.2, 0) is 0 Å². The van der Waals surface area contributed by atoms with Gasteiger partial charge in [-0.1, -0.05) is 16.8 Å². The van der Waals surface area contributed by atoms with Crippen LogP contribution in [0.2, 0.25) is 0 Å². The van der Waals surface area contributed by atoms with E-state index in [9.17, 15) is 9.59 Å². The Labute approximate surface area is 119 Å². The summed E-state index contributed by atoms with van der Waals surface area (Å²) in [5.74, 6) is -0.785. The molecular weight excluding hydrogens is 276 g/mol. The second-order valence-corrected chi connectivity index (χ2v) is 4.44. The highest BCUT2D eigenvalue weighted by atomic mass is 16.4. The molecule has 0 bridgehead atoms. The van der Waals surface area contributed by atoms with Crippen molar-refractivity contribution in [1.29, 1.82) is 0 Å². The van der Waals surface area contributed by atoms with E-state index in [4.69, 9.17) is 5.11 Å². The molecule has 1 atom stereocenters. The summed E-state index contributed by atoms with van der Waals surface area (Å²) in [6.45, 7) is 3.45. The summed E-state index contributed by atoms with van der Waals surface area (Å²) in [5, 5.41) is 27.4. The number of aromatic amines is 1. The Kier molecular flexibility index (Phi) is 4.12. The van der Waals surface area contributed by atoms with Crippen LogP contribution in [-0.4, -0.2) is 37.7 Å². The lowest BCUT2D eigenvalue weighted by Crippen LogP contribution is -2.32. The van der Waals surface area contributed by atoms with Gasteiger partial charge in [0.25, 0.3) is 0 Å². The number of H-pyrrole nitrogens is 1. The standard InChI is InChI=1S/C12H14N6O3/c1-6-3-4-9(8(5-6)11(19)20)14-12(21)13-7(2)10-15-17-18-16-10/h3-5,7H,1-2H3,(H,19,20)(H2,13,14,21)(H,15,16,17,18). The fourth-order valence-corrected chi connectivity index (χ4v) is 1.72. The number of hydrogen-bond acceptors (Lipinski definition) is 5. The van der Waals surface area contributed by atoms with Gasteiger partial charge in [-0.15, -0.1) is 10.2 Å². The Balaban J connectivity index is 2.08. The van der Waals surface area contributed by atoms with Crippen LogP contribution < -0.4 is 10.6 Å². The zero-order chi connectivity index (χ0) is 15.4. The van der Waals surface area contributed by atoms with Crippen LogP contribution in [0.3, 0.4) is 0 Å². The molecule has 2 aromatic rings. The number of nitrogens with one attached hydrogen (secondary N) is 3. The van der Waals surface area contributed by atoms with E-state index in [1.54, 1.807) is 19.9 Å². The summed E-state index contributed by atoms with van der Waals surface area (Å²) >= 11 is 0. The van der Waals surface area contributed by atoms with Crippen LogP contribution in [0.5, 0.6) is 0 Å². The van der Waals surface area contributed by atoms with E-state index in [2.05, 4.69) is 31.3 Å². The highest BCUT2D eigenvalue weighted by molar-refractivity contribution is 6.00. The highest BCUT2D eigenvalue weighted by Gasteiger charge is 2.16. The predicted octanol–water partition coefficient (Wildman–Crippen LogP) is 1.09. The summed E-state index contributed by atoms with van der Waals surface area (Å²) in [6, 6.07) is 3.71. The number of aromatic nitrogens is 4. The lowest BCUT2D eigenvalue weighted by Gasteiger charge is -2.13. The third kappa shape index (κ3) is 3.53. The molecule has 0 aliphatic rings. The molecule has 0 saturated carbocycles. The molecule has 4 N–H and O–H groups in total. The van der Waals surface area contributed by atoms with Crippen LogP contribution in [0, 0.1) is 6.92 Å². The molecule has 9 heteroatoms. The highest BCUT2D eigenvalue weighted by Crippen LogP contribution is 2.17. The molecular formula is C12H14N6O3. The number of tetrazole rings is 1. The van der Waals surface area contributed by atoms with E-state index in [0.717, 1.165) is 5.56 Å². The molecule has 1 unspecified atom stereocenters. The maximum absolute atomic E-state index is 11.9. The van der Waals surface area contributed by atoms with E-state index in [0.29, 0.717) is 5.82 Å². The van der Waals surface area contributed by atoms with Gasteiger partial charge in [0.05, 0.1) is 17.3 Å². The minimum absolute atomic E-state index is 0.0253. The Morgan fingerprint density at radius 1 is 1.38 bits per heavy atom. The lowest BCUT2D eigenvalue weighted by atomic mass is 10.1. The van der Waals surface area contributed by atoms with Crippen molar-refractivity contribution in [3.63, 3.8) is 0 Å². The van der Waals surface area contributed by atoms with Gasteiger partial charge in [-0.3, -0.25) is 0 Å². The van der Waals surface area contributed by atoms with E-state index in [1.807, 2.05) is 0 Å². The van der Waals surface area contributed by atoms with Crippen LogP contribution in [0.15, 0.2) is 18.2 Å². The van der Waals surface area contributed by atoms with Crippen molar-refractivity contribution < 1.29 is 14.7 Å². The van der Waals surface area contributed by atoms with Gasteiger partial charge in [0.2, 0.25) is 0 Å². The van der Waals surface area contributed by atoms with Gasteiger partial charge in [-0.05, 0) is 26.0 Å². The molecule has 2 rings (SSSR count). The van der Waals surface area contributed by atoms with E-state index in [1.165, 1.54) is 12.1 Å². The molecule has 110 valence electrons. The third-order valence-electron chi connectivity index (χ3n) is 2.75. The zero-order valence-electron chi connectivity index (χ0n) is 11.4. The summed E-state index contributed by atoms with van der Waals surface area (Å²) in [6.07, 6.45) is 0. The number of hydrogen-bond donors (Lipinski definition) is 4. The number of anilines is 1. The third-order valence-corrected chi connectivity index (χ3v) is 2.75. The van der Waals surface area contributed by atoms with Crippen LogP contribution >= 0.6 is 0 Å². The first-order chi connectivity index (χ1) is 9.97. The quantitative estimate of drug-likeness (QED) is 0.666. The first-order valence-corrected chi connectivity index (χ1v) is 6.12. The number of carbonyl (C=O) groups excluding carboxylic acids is 1. The van der Waals surface area contributed by atoms with E-state index >= 15 is 0 Å². The smallest absolute Gasteiger partial charge is 0.337 e. The van der Waals surface area contributed by atoms with Crippen molar-refractivity contribution in [1.82, 2.24) is 25.9 Å². The van der Waals surface area contributed by atoms with E-state index in [-0.39, 0.29) is 11.3 Å². The lowest BCUT2D eigenvalue weighted by molar-refractivity contribution is 0.0698. The van der Waals surface area contributed by atoms with Gasteiger partial charge < -0.3 is 15.7 Å². The van der Waals surface area contributed by atoms with Gasteiger partial charge >= 0.3 is 12.0 Å². The molecule has 1 aromatic heterocycles. The minimum atomic E-state index is -1.11. The number of carboxylic acids is 1. The summed E-state index contributed by atoms with van der Waals surface area (Å²) in [7, 11) is 0. The topological polar surface area (TPSA) is 133 Å². The molecule has 21 heavy (non-hydrogen) atoms. The number of aryl methyl sites for hydroxylation is 1. The molecule has 0 spiro atoms. The predicted molar refractivity (Wildman–Crippen MR) is 72.9 cm³/mol. The van der Waals surface area contributed by atoms with Crippen molar-refractivity contribution in [3.05, 3.63) is 35.2 Å². The van der Waals surface area contributed by atoms with Gasteiger partial charge in [-0.2, -0.15) is 5.21 Å². The van der Waals surface area contributed by atoms with E-state index < -0.39 is 18.0 Å². The number of amides is 2. The molecule has 0 radical (unpaired) electrons. The van der Waals surface area contributed by atoms with Crippen molar-refractivity contribution in [2.75, 3.05) is 5.32 Å². The van der Waals surface area contributed by atoms with Gasteiger partial charge in [0, 0.05) is 0 Å². The molecule has 0 aliphatic heterocycles. The fourth-order valence-electron chi connectivity index (χ4n) is 1.72. The average Bonchev–Trinajstić information content (AvgIpc) is 2.94. The monoisotopic (exact) mass is 290 g/mol. The van der Waals surface area contributed by atoms with Gasteiger partial charge in [0.1, 0.15) is 0 Å². The molecule has 0 saturated heterocycles. The second kappa shape index (κ2) is 5.99. The largest absolute Gasteiger partial charge is 0.478 e. The molecule has 0 fully saturated rings. The first kappa shape index (κ1) is 14.4. The SMILES string of the molecule is Cc1ccc(NC(=O)NC(C)c2nn[nH]n2)c(C(=O)O)c1. The Morgan fingerprint density at radius 3 is 2.76 bits per heavy atom. The molecule has 0 aliphatic carbocycles. The molecule has 9 nitrogen and oxygen atoms in total. The number of aromatic carboxylic acids is 1. The van der Waals surface area contributed by atoms with Crippen LogP contribution in [0.25, 0.3) is 0 Å². The van der Waals surface area contributed by atoms with Crippen LogP contribution in [0.1, 0.15) is 34.7 Å². The van der Waals surface area contributed by atoms with Crippen molar-refractivity contribution >= 4 is 17.7 Å². The second-order valence-electron chi connectivity index (χ2n) is 4.44. The molecule has 1 heterocycles. The number of carboxylic acid groups (broad SMARTS) is 1. The fraction of sp³-hybridized carbons (Fsp3) is 0.250. The zero-order valence-corrected chi connectivity index (χ0v) is 11.4. The number of benzene rings is 1. The maximum Gasteiger partial charge on any atom is 0.337 e. The van der Waals surface area contributed by atoms with Gasteiger partial charge in [-0.25, -0.2) is 9.59 Å². The Hall–Kier alpha value is -2.97. The number of carbonyl (C=O) groups is 2. The maximum atomic E-state index is 11.9. The minimum Gasteiger partial charge on any atom is -0.478 e. The van der Waals surface area contributed by atoms with Crippen molar-refractivity contribution in [2.24, 2.45) is 0 Å².